The van der Waals surface area contributed by atoms with Crippen LogP contribution in [-0.4, -0.2) is 23.5 Å². The molecule has 0 unspecified atom stereocenters. The van der Waals surface area contributed by atoms with Gasteiger partial charge in [-0.25, -0.2) is 0 Å². The van der Waals surface area contributed by atoms with Crippen LogP contribution in [0.1, 0.15) is 31.4 Å². The fourth-order valence-electron chi connectivity index (χ4n) is 2.16. The van der Waals surface area contributed by atoms with Crippen LogP contribution < -0.4 is 11.1 Å². The molecule has 0 amide bonds. The van der Waals surface area contributed by atoms with Crippen molar-refractivity contribution in [2.75, 3.05) is 6.54 Å². The van der Waals surface area contributed by atoms with Crippen molar-refractivity contribution in [2.45, 2.75) is 38.1 Å². The molecule has 1 aliphatic rings. The normalized spacial score (nSPS) is 17.3. The predicted octanol–water partition coefficient (Wildman–Crippen LogP) is 1.47. The number of aliphatic imine (C=N–C) groups is 1. The Kier molecular flexibility index (Phi) is 4.36. The molecule has 0 bridgehead atoms. The lowest BCUT2D eigenvalue weighted by Crippen LogP contribution is -2.38. The van der Waals surface area contributed by atoms with Crippen LogP contribution in [0.4, 0.5) is 0 Å². The van der Waals surface area contributed by atoms with Crippen molar-refractivity contribution < 1.29 is 0 Å². The third-order valence-electron chi connectivity index (χ3n) is 3.08. The molecule has 3 N–H and O–H groups in total. The molecule has 17 heavy (non-hydrogen) atoms. The highest BCUT2D eigenvalue weighted by atomic mass is 15.1. The summed E-state index contributed by atoms with van der Waals surface area (Å²) in [7, 11) is 0. The third kappa shape index (κ3) is 4.06. The van der Waals surface area contributed by atoms with E-state index < -0.39 is 0 Å². The molecular formula is C13H20N4. The molecule has 0 spiro atoms. The molecule has 92 valence electrons. The maximum Gasteiger partial charge on any atom is 0.188 e. The fourth-order valence-corrected chi connectivity index (χ4v) is 2.16. The minimum Gasteiger partial charge on any atom is -0.370 e. The second-order valence-electron chi connectivity index (χ2n) is 4.46. The second kappa shape index (κ2) is 6.23. The molecule has 0 saturated heterocycles. The van der Waals surface area contributed by atoms with Crippen LogP contribution in [0.15, 0.2) is 29.4 Å². The number of aromatic nitrogens is 1. The van der Waals surface area contributed by atoms with Crippen LogP contribution in [-0.2, 0) is 6.42 Å². The largest absolute Gasteiger partial charge is 0.370 e. The summed E-state index contributed by atoms with van der Waals surface area (Å²) in [6, 6.07) is 6.46. The van der Waals surface area contributed by atoms with Crippen molar-refractivity contribution in [2.24, 2.45) is 10.7 Å². The zero-order valence-electron chi connectivity index (χ0n) is 10.1. The number of hydrogen-bond acceptors (Lipinski definition) is 2. The molecule has 0 atom stereocenters. The van der Waals surface area contributed by atoms with Gasteiger partial charge in [0.1, 0.15) is 0 Å². The molecular weight excluding hydrogens is 212 g/mol. The van der Waals surface area contributed by atoms with E-state index in [2.05, 4.69) is 15.3 Å². The van der Waals surface area contributed by atoms with Gasteiger partial charge in [-0.3, -0.25) is 9.98 Å². The highest BCUT2D eigenvalue weighted by molar-refractivity contribution is 5.78. The van der Waals surface area contributed by atoms with Crippen LogP contribution in [0.2, 0.25) is 0 Å². The summed E-state index contributed by atoms with van der Waals surface area (Å²) >= 11 is 0. The van der Waals surface area contributed by atoms with Gasteiger partial charge in [-0.2, -0.15) is 0 Å². The molecule has 2 rings (SSSR count). The van der Waals surface area contributed by atoms with Gasteiger partial charge in [0.25, 0.3) is 0 Å². The summed E-state index contributed by atoms with van der Waals surface area (Å²) < 4.78 is 0. The Morgan fingerprint density at radius 3 is 2.94 bits per heavy atom. The molecule has 1 heterocycles. The van der Waals surface area contributed by atoms with Gasteiger partial charge in [0.05, 0.1) is 0 Å². The smallest absolute Gasteiger partial charge is 0.188 e. The number of pyridine rings is 1. The summed E-state index contributed by atoms with van der Waals surface area (Å²) in [6.07, 6.45) is 7.69. The SMILES string of the molecule is NC(=NCCc1ccccn1)NC1CCCC1. The van der Waals surface area contributed by atoms with E-state index >= 15 is 0 Å². The van der Waals surface area contributed by atoms with Gasteiger partial charge < -0.3 is 11.1 Å². The zero-order chi connectivity index (χ0) is 11.9. The van der Waals surface area contributed by atoms with Gasteiger partial charge in [-0.15, -0.1) is 0 Å². The number of nitrogens with one attached hydrogen (secondary N) is 1. The average Bonchev–Trinajstić information content (AvgIpc) is 2.83. The van der Waals surface area contributed by atoms with Crippen LogP contribution in [0, 0.1) is 0 Å². The van der Waals surface area contributed by atoms with Gasteiger partial charge >= 0.3 is 0 Å². The Balaban J connectivity index is 1.72. The van der Waals surface area contributed by atoms with E-state index in [-0.39, 0.29) is 0 Å². The van der Waals surface area contributed by atoms with Crippen molar-refractivity contribution in [3.05, 3.63) is 30.1 Å². The third-order valence-corrected chi connectivity index (χ3v) is 3.08. The molecule has 0 aromatic carbocycles. The molecule has 0 aliphatic heterocycles. The van der Waals surface area contributed by atoms with Gasteiger partial charge in [-0.05, 0) is 25.0 Å². The Morgan fingerprint density at radius 2 is 2.24 bits per heavy atom. The number of guanidine groups is 1. The standard InChI is InChI=1S/C13H20N4/c14-13(17-12-6-1-2-7-12)16-10-8-11-5-3-4-9-15-11/h3-5,9,12H,1-2,6-8,10H2,(H3,14,16,17). The molecule has 1 fully saturated rings. The topological polar surface area (TPSA) is 63.3 Å². The Morgan fingerprint density at radius 1 is 1.41 bits per heavy atom. The van der Waals surface area contributed by atoms with E-state index in [4.69, 9.17) is 5.73 Å². The number of rotatable bonds is 4. The summed E-state index contributed by atoms with van der Waals surface area (Å²) in [4.78, 5) is 8.57. The average molecular weight is 232 g/mol. The lowest BCUT2D eigenvalue weighted by molar-refractivity contribution is 0.625. The first-order valence-corrected chi connectivity index (χ1v) is 6.31. The Bertz CT molecular complexity index is 355. The summed E-state index contributed by atoms with van der Waals surface area (Å²) in [5.74, 6) is 0.577. The number of nitrogens with zero attached hydrogens (tertiary/aromatic N) is 2. The lowest BCUT2D eigenvalue weighted by Gasteiger charge is -2.11. The first-order chi connectivity index (χ1) is 8.34. The fraction of sp³-hybridized carbons (Fsp3) is 0.538. The maximum atomic E-state index is 5.84. The van der Waals surface area contributed by atoms with Crippen molar-refractivity contribution >= 4 is 5.96 Å². The Hall–Kier alpha value is -1.58. The van der Waals surface area contributed by atoms with Gasteiger partial charge in [-0.1, -0.05) is 18.9 Å². The summed E-state index contributed by atoms with van der Waals surface area (Å²) in [6.45, 7) is 0.697. The van der Waals surface area contributed by atoms with Crippen molar-refractivity contribution in [3.63, 3.8) is 0 Å². The highest BCUT2D eigenvalue weighted by Gasteiger charge is 2.14. The van der Waals surface area contributed by atoms with Crippen molar-refractivity contribution in [3.8, 4) is 0 Å². The Labute approximate surface area is 102 Å². The molecule has 1 aromatic heterocycles. The molecule has 0 radical (unpaired) electrons. The van der Waals surface area contributed by atoms with Crippen LogP contribution in [0.5, 0.6) is 0 Å². The monoisotopic (exact) mass is 232 g/mol. The highest BCUT2D eigenvalue weighted by Crippen LogP contribution is 2.17. The quantitative estimate of drug-likeness (QED) is 0.610. The molecule has 1 saturated carbocycles. The first-order valence-electron chi connectivity index (χ1n) is 6.31. The van der Waals surface area contributed by atoms with Crippen LogP contribution in [0.3, 0.4) is 0 Å². The first kappa shape index (κ1) is 11.9. The lowest BCUT2D eigenvalue weighted by atomic mass is 10.2. The van der Waals surface area contributed by atoms with Crippen molar-refractivity contribution in [1.29, 1.82) is 0 Å². The van der Waals surface area contributed by atoms with Crippen LogP contribution >= 0.6 is 0 Å². The molecule has 1 aliphatic carbocycles. The predicted molar refractivity (Wildman–Crippen MR) is 69.8 cm³/mol. The van der Waals surface area contributed by atoms with Gasteiger partial charge in [0, 0.05) is 30.9 Å². The van der Waals surface area contributed by atoms with E-state index in [1.807, 2.05) is 18.2 Å². The van der Waals surface area contributed by atoms with Gasteiger partial charge in [0.15, 0.2) is 5.96 Å². The van der Waals surface area contributed by atoms with E-state index in [1.165, 1.54) is 25.7 Å². The molecule has 1 aromatic rings. The van der Waals surface area contributed by atoms with Gasteiger partial charge in [0.2, 0.25) is 0 Å². The van der Waals surface area contributed by atoms with E-state index in [9.17, 15) is 0 Å². The minimum atomic E-state index is 0.536. The molecule has 4 heteroatoms. The van der Waals surface area contributed by atoms with E-state index in [0.717, 1.165) is 12.1 Å². The van der Waals surface area contributed by atoms with Crippen LogP contribution in [0.25, 0.3) is 0 Å². The number of nitrogens with two attached hydrogens (primary N) is 1. The zero-order valence-corrected chi connectivity index (χ0v) is 10.1. The van der Waals surface area contributed by atoms with Crippen molar-refractivity contribution in [1.82, 2.24) is 10.3 Å². The summed E-state index contributed by atoms with van der Waals surface area (Å²) in [5, 5.41) is 3.27. The van der Waals surface area contributed by atoms with E-state index in [1.54, 1.807) is 6.20 Å². The minimum absolute atomic E-state index is 0.536. The summed E-state index contributed by atoms with van der Waals surface area (Å²) in [5.41, 5.74) is 6.90. The molecule has 4 nitrogen and oxygen atoms in total. The maximum absolute atomic E-state index is 5.84. The van der Waals surface area contributed by atoms with E-state index in [0.29, 0.717) is 18.5 Å². The second-order valence-corrected chi connectivity index (χ2v) is 4.46. The number of hydrogen-bond donors (Lipinski definition) is 2.